The van der Waals surface area contributed by atoms with Crippen molar-refractivity contribution < 1.29 is 14.2 Å². The number of amidine groups is 1. The SMILES string of the molecule is COc1cc(CCc2ccc(C3=Cc4sc(C)cc4C4=NCCN34)cc2)cc(OC)c1OC. The van der Waals surface area contributed by atoms with E-state index in [1.807, 2.05) is 23.5 Å². The molecule has 3 heterocycles. The van der Waals surface area contributed by atoms with Crippen LogP contribution >= 0.6 is 11.3 Å². The average molecular weight is 461 g/mol. The molecule has 2 aromatic carbocycles. The molecule has 5 nitrogen and oxygen atoms in total. The van der Waals surface area contributed by atoms with Gasteiger partial charge in [0, 0.05) is 21.9 Å². The van der Waals surface area contributed by atoms with Crippen LogP contribution in [-0.2, 0) is 12.8 Å². The van der Waals surface area contributed by atoms with Gasteiger partial charge in [0.25, 0.3) is 0 Å². The summed E-state index contributed by atoms with van der Waals surface area (Å²) in [5.41, 5.74) is 6.21. The molecule has 3 aromatic rings. The minimum atomic E-state index is 0.628. The number of methoxy groups -OCH3 is 3. The summed E-state index contributed by atoms with van der Waals surface area (Å²) in [6.45, 7) is 3.96. The second-order valence-corrected chi connectivity index (χ2v) is 9.54. The Labute approximate surface area is 198 Å². The molecule has 0 atom stereocenters. The number of aryl methyl sites for hydroxylation is 3. The molecule has 0 fully saturated rings. The zero-order valence-corrected chi connectivity index (χ0v) is 20.3. The van der Waals surface area contributed by atoms with Gasteiger partial charge < -0.3 is 19.1 Å². The maximum atomic E-state index is 5.49. The van der Waals surface area contributed by atoms with Gasteiger partial charge in [-0.05, 0) is 60.7 Å². The first-order valence-corrected chi connectivity index (χ1v) is 12.0. The molecule has 6 heteroatoms. The number of aliphatic imine (C=N–C) groups is 1. The topological polar surface area (TPSA) is 43.3 Å². The molecule has 1 aromatic heterocycles. The van der Waals surface area contributed by atoms with Crippen molar-refractivity contribution in [2.45, 2.75) is 19.8 Å². The summed E-state index contributed by atoms with van der Waals surface area (Å²) in [5.74, 6) is 3.14. The molecule has 0 unspecified atom stereocenters. The lowest BCUT2D eigenvalue weighted by Gasteiger charge is -2.27. The number of benzene rings is 2. The number of ether oxygens (including phenoxy) is 3. The molecule has 0 amide bonds. The zero-order chi connectivity index (χ0) is 22.9. The zero-order valence-electron chi connectivity index (χ0n) is 19.5. The van der Waals surface area contributed by atoms with Gasteiger partial charge in [0.05, 0.1) is 33.6 Å². The average Bonchev–Trinajstić information content (AvgIpc) is 3.47. The highest BCUT2D eigenvalue weighted by molar-refractivity contribution is 7.13. The third-order valence-corrected chi connectivity index (χ3v) is 7.20. The van der Waals surface area contributed by atoms with Crippen LogP contribution in [0.15, 0.2) is 47.5 Å². The Morgan fingerprint density at radius 1 is 0.909 bits per heavy atom. The van der Waals surface area contributed by atoms with E-state index in [2.05, 4.69) is 48.2 Å². The van der Waals surface area contributed by atoms with E-state index < -0.39 is 0 Å². The molecular weight excluding hydrogens is 432 g/mol. The standard InChI is InChI=1S/C27H28N2O3S/c1-17-13-21-25(33-17)16-22(29-12-11-28-27(21)29)20-9-7-18(8-10-20)5-6-19-14-23(30-2)26(32-4)24(15-19)31-3/h7-10,13-16H,5-6,11-12H2,1-4H3. The van der Waals surface area contributed by atoms with Gasteiger partial charge >= 0.3 is 0 Å². The quantitative estimate of drug-likeness (QED) is 0.471. The molecule has 0 radical (unpaired) electrons. The van der Waals surface area contributed by atoms with Crippen molar-refractivity contribution in [2.24, 2.45) is 4.99 Å². The number of rotatable bonds is 7. The van der Waals surface area contributed by atoms with Gasteiger partial charge in [-0.25, -0.2) is 0 Å². The first kappa shape index (κ1) is 21.6. The summed E-state index contributed by atoms with van der Waals surface area (Å²) >= 11 is 1.84. The van der Waals surface area contributed by atoms with E-state index >= 15 is 0 Å². The lowest BCUT2D eigenvalue weighted by molar-refractivity contribution is 0.324. The summed E-state index contributed by atoms with van der Waals surface area (Å²) in [6, 6.07) is 15.2. The predicted molar refractivity (Wildman–Crippen MR) is 135 cm³/mol. The Hall–Kier alpha value is -3.25. The largest absolute Gasteiger partial charge is 0.493 e. The fraction of sp³-hybridized carbons (Fsp3) is 0.296. The van der Waals surface area contributed by atoms with Crippen LogP contribution in [0.2, 0.25) is 0 Å². The highest BCUT2D eigenvalue weighted by atomic mass is 32.1. The van der Waals surface area contributed by atoms with Crippen molar-refractivity contribution in [1.82, 2.24) is 4.90 Å². The highest BCUT2D eigenvalue weighted by Crippen LogP contribution is 2.39. The lowest BCUT2D eigenvalue weighted by atomic mass is 9.99. The van der Waals surface area contributed by atoms with Gasteiger partial charge in [-0.2, -0.15) is 0 Å². The molecule has 0 aliphatic carbocycles. The van der Waals surface area contributed by atoms with Gasteiger partial charge in [0.1, 0.15) is 5.84 Å². The number of fused-ring (bicyclic) bond motifs is 3. The smallest absolute Gasteiger partial charge is 0.203 e. The van der Waals surface area contributed by atoms with Crippen LogP contribution in [0.25, 0.3) is 11.8 Å². The van der Waals surface area contributed by atoms with Gasteiger partial charge in [-0.15, -0.1) is 11.3 Å². The van der Waals surface area contributed by atoms with E-state index in [1.165, 1.54) is 32.1 Å². The van der Waals surface area contributed by atoms with Crippen molar-refractivity contribution in [3.63, 3.8) is 0 Å². The van der Waals surface area contributed by atoms with E-state index in [0.29, 0.717) is 17.2 Å². The molecule has 5 rings (SSSR count). The molecule has 2 aliphatic heterocycles. The van der Waals surface area contributed by atoms with Gasteiger partial charge in [-0.1, -0.05) is 24.3 Å². The Morgan fingerprint density at radius 3 is 2.27 bits per heavy atom. The molecule has 0 bridgehead atoms. The molecule has 0 spiro atoms. The normalized spacial score (nSPS) is 14.4. The molecule has 0 saturated heterocycles. The molecule has 33 heavy (non-hydrogen) atoms. The number of hydrogen-bond acceptors (Lipinski definition) is 6. The van der Waals surface area contributed by atoms with Crippen molar-refractivity contribution in [1.29, 1.82) is 0 Å². The van der Waals surface area contributed by atoms with Crippen molar-refractivity contribution in [3.8, 4) is 17.2 Å². The Kier molecular flexibility index (Phi) is 5.85. The molecular formula is C27H28N2O3S. The summed E-state index contributed by atoms with van der Waals surface area (Å²) in [6.07, 6.45) is 4.14. The van der Waals surface area contributed by atoms with Crippen LogP contribution in [0.1, 0.15) is 32.0 Å². The Morgan fingerprint density at radius 2 is 1.61 bits per heavy atom. The first-order valence-electron chi connectivity index (χ1n) is 11.1. The van der Waals surface area contributed by atoms with Crippen LogP contribution in [-0.4, -0.2) is 45.2 Å². The van der Waals surface area contributed by atoms with Gasteiger partial charge in [0.2, 0.25) is 5.75 Å². The van der Waals surface area contributed by atoms with Crippen LogP contribution in [0, 0.1) is 6.92 Å². The van der Waals surface area contributed by atoms with Gasteiger partial charge in [-0.3, -0.25) is 4.99 Å². The molecule has 170 valence electrons. The number of nitrogens with zero attached hydrogens (tertiary/aromatic N) is 2. The second kappa shape index (κ2) is 8.94. The van der Waals surface area contributed by atoms with E-state index in [9.17, 15) is 0 Å². The highest BCUT2D eigenvalue weighted by Gasteiger charge is 2.29. The molecule has 0 N–H and O–H groups in total. The summed E-state index contributed by atoms with van der Waals surface area (Å²) in [7, 11) is 4.92. The van der Waals surface area contributed by atoms with Crippen LogP contribution in [0.4, 0.5) is 0 Å². The third-order valence-electron chi connectivity index (χ3n) is 6.20. The summed E-state index contributed by atoms with van der Waals surface area (Å²) in [5, 5.41) is 0. The maximum Gasteiger partial charge on any atom is 0.203 e. The maximum absolute atomic E-state index is 5.49. The van der Waals surface area contributed by atoms with Crippen molar-refractivity contribution in [3.05, 3.63) is 74.5 Å². The van der Waals surface area contributed by atoms with Crippen LogP contribution in [0.3, 0.4) is 0 Å². The Bertz CT molecular complexity index is 1220. The second-order valence-electron chi connectivity index (χ2n) is 8.25. The van der Waals surface area contributed by atoms with Crippen molar-refractivity contribution in [2.75, 3.05) is 34.4 Å². The summed E-state index contributed by atoms with van der Waals surface area (Å²) < 4.78 is 16.4. The van der Waals surface area contributed by atoms with Gasteiger partial charge in [0.15, 0.2) is 11.5 Å². The molecule has 0 saturated carbocycles. The van der Waals surface area contributed by atoms with E-state index in [1.54, 1.807) is 21.3 Å². The van der Waals surface area contributed by atoms with E-state index in [4.69, 9.17) is 19.2 Å². The van der Waals surface area contributed by atoms with E-state index in [0.717, 1.165) is 37.3 Å². The lowest BCUT2D eigenvalue weighted by Crippen LogP contribution is -2.29. The van der Waals surface area contributed by atoms with E-state index in [-0.39, 0.29) is 0 Å². The fourth-order valence-electron chi connectivity index (χ4n) is 4.58. The van der Waals surface area contributed by atoms with Crippen LogP contribution in [0.5, 0.6) is 17.2 Å². The first-order chi connectivity index (χ1) is 16.1. The minimum absolute atomic E-state index is 0.628. The predicted octanol–water partition coefficient (Wildman–Crippen LogP) is 5.44. The number of thiophene rings is 1. The summed E-state index contributed by atoms with van der Waals surface area (Å²) in [4.78, 5) is 9.79. The van der Waals surface area contributed by atoms with Crippen LogP contribution < -0.4 is 14.2 Å². The molecule has 2 aliphatic rings. The number of hydrogen-bond donors (Lipinski definition) is 0. The van der Waals surface area contributed by atoms with Crippen molar-refractivity contribution >= 4 is 28.9 Å². The Balaban J connectivity index is 1.35. The monoisotopic (exact) mass is 460 g/mol. The fourth-order valence-corrected chi connectivity index (χ4v) is 5.53. The minimum Gasteiger partial charge on any atom is -0.493 e. The third kappa shape index (κ3) is 4.00.